The van der Waals surface area contributed by atoms with Crippen molar-refractivity contribution >= 4 is 23.6 Å². The Hall–Kier alpha value is -1.49. The van der Waals surface area contributed by atoms with Gasteiger partial charge < -0.3 is 0 Å². The van der Waals surface area contributed by atoms with E-state index in [4.69, 9.17) is 0 Å². The third-order valence-corrected chi connectivity index (χ3v) is 7.46. The first-order valence-corrected chi connectivity index (χ1v) is 10.9. The van der Waals surface area contributed by atoms with Crippen LogP contribution in [-0.4, -0.2) is 17.6 Å². The highest BCUT2D eigenvalue weighted by atomic mass is 32.2. The van der Waals surface area contributed by atoms with E-state index in [1.54, 1.807) is 11.8 Å². The van der Waals surface area contributed by atoms with E-state index in [9.17, 15) is 9.59 Å². The van der Waals surface area contributed by atoms with Gasteiger partial charge in [0, 0.05) is 5.75 Å². The minimum Gasteiger partial charge on any atom is -0.273 e. The molecule has 2 amide bonds. The summed E-state index contributed by atoms with van der Waals surface area (Å²) in [5.41, 5.74) is 7.63. The maximum Gasteiger partial charge on any atom is 0.248 e. The molecule has 2 N–H and O–H groups in total. The number of amides is 2. The Morgan fingerprint density at radius 2 is 1.58 bits per heavy atom. The molecule has 0 heterocycles. The summed E-state index contributed by atoms with van der Waals surface area (Å²) in [5, 5.41) is 0. The molecule has 5 rings (SSSR count). The highest BCUT2D eigenvalue weighted by Crippen LogP contribution is 2.60. The van der Waals surface area contributed by atoms with Gasteiger partial charge in [0.1, 0.15) is 0 Å². The molecule has 4 aliphatic rings. The normalized spacial score (nSPS) is 31.7. The molecule has 0 radical (unpaired) electrons. The molecule has 4 bridgehead atoms. The van der Waals surface area contributed by atoms with Crippen molar-refractivity contribution < 1.29 is 9.59 Å². The van der Waals surface area contributed by atoms with Crippen molar-refractivity contribution in [3.05, 3.63) is 35.4 Å². The van der Waals surface area contributed by atoms with E-state index in [0.717, 1.165) is 42.8 Å². The molecule has 26 heavy (non-hydrogen) atoms. The van der Waals surface area contributed by atoms with Gasteiger partial charge in [-0.2, -0.15) is 0 Å². The van der Waals surface area contributed by atoms with Crippen LogP contribution in [0.4, 0.5) is 0 Å². The molecule has 0 aliphatic heterocycles. The lowest BCUT2D eigenvalue weighted by Crippen LogP contribution is -2.56. The standard InChI is InChI=1S/C21H28N2O2S/c1-14-2-4-15(5-3-14)12-26-13-19(24)22-23-20(25)21-9-16-6-17(10-21)8-18(7-16)11-21/h2-5,16-18H,6-13H2,1H3,(H,22,24)(H,23,25). The molecule has 4 aliphatic carbocycles. The number of benzene rings is 1. The molecule has 1 aromatic carbocycles. The van der Waals surface area contributed by atoms with Crippen LogP contribution in [0, 0.1) is 30.1 Å². The number of nitrogens with one attached hydrogen (secondary N) is 2. The first-order chi connectivity index (χ1) is 12.5. The van der Waals surface area contributed by atoms with Crippen LogP contribution in [0.2, 0.25) is 0 Å². The van der Waals surface area contributed by atoms with Crippen LogP contribution < -0.4 is 10.9 Å². The van der Waals surface area contributed by atoms with Crippen LogP contribution in [0.1, 0.15) is 49.7 Å². The van der Waals surface area contributed by atoms with Crippen LogP contribution in [0.15, 0.2) is 24.3 Å². The minimum absolute atomic E-state index is 0.0495. The topological polar surface area (TPSA) is 58.2 Å². The number of hydrogen-bond donors (Lipinski definition) is 2. The largest absolute Gasteiger partial charge is 0.273 e. The van der Waals surface area contributed by atoms with E-state index in [0.29, 0.717) is 5.75 Å². The van der Waals surface area contributed by atoms with Crippen LogP contribution >= 0.6 is 11.8 Å². The summed E-state index contributed by atoms with van der Waals surface area (Å²) >= 11 is 1.57. The smallest absolute Gasteiger partial charge is 0.248 e. The number of aryl methyl sites for hydroxylation is 1. The molecular weight excluding hydrogens is 344 g/mol. The predicted octanol–water partition coefficient (Wildman–Crippen LogP) is 3.59. The molecule has 4 fully saturated rings. The Labute approximate surface area is 159 Å². The minimum atomic E-state index is -0.211. The van der Waals surface area contributed by atoms with Crippen LogP contribution in [0.25, 0.3) is 0 Å². The fourth-order valence-electron chi connectivity index (χ4n) is 5.63. The zero-order valence-corrected chi connectivity index (χ0v) is 16.2. The summed E-state index contributed by atoms with van der Waals surface area (Å²) in [7, 11) is 0. The summed E-state index contributed by atoms with van der Waals surface area (Å²) in [6.45, 7) is 2.07. The monoisotopic (exact) mass is 372 g/mol. The highest BCUT2D eigenvalue weighted by molar-refractivity contribution is 7.99. The van der Waals surface area contributed by atoms with Crippen molar-refractivity contribution in [3.8, 4) is 0 Å². The number of rotatable bonds is 5. The Kier molecular flexibility index (Phi) is 5.00. The van der Waals surface area contributed by atoms with E-state index in [-0.39, 0.29) is 17.2 Å². The number of hydrazine groups is 1. The molecule has 0 spiro atoms. The van der Waals surface area contributed by atoms with Gasteiger partial charge in [0.2, 0.25) is 11.8 Å². The molecule has 0 saturated heterocycles. The third-order valence-electron chi connectivity index (χ3n) is 6.46. The lowest BCUT2D eigenvalue weighted by Gasteiger charge is -2.55. The van der Waals surface area contributed by atoms with E-state index in [1.807, 2.05) is 0 Å². The van der Waals surface area contributed by atoms with Gasteiger partial charge in [-0.1, -0.05) is 29.8 Å². The van der Waals surface area contributed by atoms with Gasteiger partial charge in [0.15, 0.2) is 0 Å². The number of thioether (sulfide) groups is 1. The average Bonchev–Trinajstić information content (AvgIpc) is 2.60. The van der Waals surface area contributed by atoms with E-state index < -0.39 is 0 Å². The second-order valence-corrected chi connectivity index (χ2v) is 9.66. The maximum atomic E-state index is 12.8. The van der Waals surface area contributed by atoms with Gasteiger partial charge >= 0.3 is 0 Å². The van der Waals surface area contributed by atoms with Crippen molar-refractivity contribution in [2.75, 3.05) is 5.75 Å². The fraction of sp³-hybridized carbons (Fsp3) is 0.619. The lowest BCUT2D eigenvalue weighted by molar-refractivity contribution is -0.148. The van der Waals surface area contributed by atoms with Gasteiger partial charge in [0.05, 0.1) is 11.2 Å². The third kappa shape index (κ3) is 3.78. The van der Waals surface area contributed by atoms with Crippen molar-refractivity contribution in [2.45, 2.75) is 51.2 Å². The Morgan fingerprint density at radius 1 is 1.00 bits per heavy atom. The summed E-state index contributed by atoms with van der Waals surface area (Å²) in [4.78, 5) is 24.9. The van der Waals surface area contributed by atoms with Gasteiger partial charge in [-0.05, 0) is 68.8 Å². The van der Waals surface area contributed by atoms with Gasteiger partial charge in [-0.3, -0.25) is 20.4 Å². The number of carbonyl (C=O) groups excluding carboxylic acids is 2. The molecule has 0 unspecified atom stereocenters. The van der Waals surface area contributed by atoms with Crippen molar-refractivity contribution in [2.24, 2.45) is 23.2 Å². The second-order valence-electron chi connectivity index (χ2n) is 8.68. The summed E-state index contributed by atoms with van der Waals surface area (Å²) < 4.78 is 0. The molecule has 1 aromatic rings. The maximum absolute atomic E-state index is 12.8. The van der Waals surface area contributed by atoms with Crippen LogP contribution in [0.5, 0.6) is 0 Å². The van der Waals surface area contributed by atoms with E-state index in [2.05, 4.69) is 42.0 Å². The fourth-order valence-corrected chi connectivity index (χ4v) is 6.42. The van der Waals surface area contributed by atoms with Crippen molar-refractivity contribution in [3.63, 3.8) is 0 Å². The summed E-state index contributed by atoms with van der Waals surface area (Å²) in [5.74, 6) is 3.27. The zero-order chi connectivity index (χ0) is 18.1. The lowest BCUT2D eigenvalue weighted by atomic mass is 9.49. The molecule has 140 valence electrons. The first kappa shape index (κ1) is 17.9. The molecule has 4 nitrogen and oxygen atoms in total. The molecular formula is C21H28N2O2S. The van der Waals surface area contributed by atoms with E-state index in [1.165, 1.54) is 30.4 Å². The molecule has 4 saturated carbocycles. The quantitative estimate of drug-likeness (QED) is 0.777. The van der Waals surface area contributed by atoms with Crippen molar-refractivity contribution in [1.82, 2.24) is 10.9 Å². The Morgan fingerprint density at radius 3 is 2.15 bits per heavy atom. The zero-order valence-electron chi connectivity index (χ0n) is 15.4. The van der Waals surface area contributed by atoms with Gasteiger partial charge in [0.25, 0.3) is 0 Å². The summed E-state index contributed by atoms with van der Waals surface area (Å²) in [6.07, 6.45) is 6.99. The van der Waals surface area contributed by atoms with Gasteiger partial charge in [-0.25, -0.2) is 0 Å². The van der Waals surface area contributed by atoms with Crippen LogP contribution in [0.3, 0.4) is 0 Å². The second kappa shape index (κ2) is 7.26. The predicted molar refractivity (Wildman–Crippen MR) is 104 cm³/mol. The molecule has 0 aromatic heterocycles. The molecule has 0 atom stereocenters. The van der Waals surface area contributed by atoms with Crippen molar-refractivity contribution in [1.29, 1.82) is 0 Å². The van der Waals surface area contributed by atoms with E-state index >= 15 is 0 Å². The Balaban J connectivity index is 1.22. The first-order valence-electron chi connectivity index (χ1n) is 9.75. The molecule has 5 heteroatoms. The van der Waals surface area contributed by atoms with Crippen LogP contribution in [-0.2, 0) is 15.3 Å². The summed E-state index contributed by atoms with van der Waals surface area (Å²) in [6, 6.07) is 8.35. The van der Waals surface area contributed by atoms with Gasteiger partial charge in [-0.15, -0.1) is 11.8 Å². The number of carbonyl (C=O) groups is 2. The SMILES string of the molecule is Cc1ccc(CSCC(=O)NNC(=O)C23CC4CC(CC(C4)C2)C3)cc1. The average molecular weight is 373 g/mol. The Bertz CT molecular complexity index is 650. The highest BCUT2D eigenvalue weighted by Gasteiger charge is 2.54. The number of hydrogen-bond acceptors (Lipinski definition) is 3.